The van der Waals surface area contributed by atoms with Crippen molar-refractivity contribution in [1.29, 1.82) is 0 Å². The summed E-state index contributed by atoms with van der Waals surface area (Å²) >= 11 is 1.65. The largest absolute Gasteiger partial charge is 0.366 e. The fourth-order valence-electron chi connectivity index (χ4n) is 3.17. The van der Waals surface area contributed by atoms with E-state index in [1.54, 1.807) is 23.3 Å². The summed E-state index contributed by atoms with van der Waals surface area (Å²) in [6, 6.07) is 5.43. The number of hydrogen-bond donors (Lipinski definition) is 2. The number of alkyl halides is 1. The summed E-state index contributed by atoms with van der Waals surface area (Å²) < 4.78 is 13.9. The van der Waals surface area contributed by atoms with Gasteiger partial charge in [0, 0.05) is 43.8 Å². The van der Waals surface area contributed by atoms with E-state index < -0.39 is 12.1 Å². The van der Waals surface area contributed by atoms with Crippen molar-refractivity contribution in [1.82, 2.24) is 14.8 Å². The second-order valence-electron chi connectivity index (χ2n) is 6.35. The van der Waals surface area contributed by atoms with Crippen LogP contribution in [0.3, 0.4) is 0 Å². The number of hydrogen-bond acceptors (Lipinski definition) is 4. The number of amides is 2. The zero-order valence-electron chi connectivity index (χ0n) is 13.9. The van der Waals surface area contributed by atoms with Gasteiger partial charge in [0.2, 0.25) is 5.91 Å². The van der Waals surface area contributed by atoms with Crippen LogP contribution in [0, 0.1) is 0 Å². The van der Waals surface area contributed by atoms with Gasteiger partial charge in [-0.25, -0.2) is 4.39 Å². The Hall–Kier alpha value is -2.19. The molecule has 0 spiro atoms. The highest BCUT2D eigenvalue weighted by atomic mass is 32.1. The second kappa shape index (κ2) is 7.37. The van der Waals surface area contributed by atoms with Gasteiger partial charge in [-0.1, -0.05) is 6.07 Å². The van der Waals surface area contributed by atoms with Gasteiger partial charge < -0.3 is 15.6 Å². The highest BCUT2D eigenvalue weighted by Crippen LogP contribution is 2.25. The van der Waals surface area contributed by atoms with E-state index in [-0.39, 0.29) is 17.5 Å². The van der Waals surface area contributed by atoms with Crippen LogP contribution in [0.1, 0.15) is 32.1 Å². The van der Waals surface area contributed by atoms with Crippen LogP contribution in [-0.4, -0.2) is 58.9 Å². The van der Waals surface area contributed by atoms with Gasteiger partial charge in [-0.3, -0.25) is 14.5 Å². The molecule has 0 radical (unpaired) electrons. The highest BCUT2D eigenvalue weighted by molar-refractivity contribution is 7.09. The summed E-state index contributed by atoms with van der Waals surface area (Å²) in [6.07, 6.45) is 0.959. The Bertz CT molecular complexity index is 746. The lowest BCUT2D eigenvalue weighted by Crippen LogP contribution is -2.40. The average molecular weight is 364 g/mol. The molecule has 1 aliphatic heterocycles. The number of carbonyl (C=O) groups is 2. The third kappa shape index (κ3) is 4.08. The molecule has 2 atom stereocenters. The molecule has 3 rings (SSSR count). The number of thiophene rings is 1. The first-order chi connectivity index (χ1) is 11.9. The third-order valence-corrected chi connectivity index (χ3v) is 5.31. The Balaban J connectivity index is 1.64. The number of H-pyrrole nitrogens is 1. The molecule has 3 heterocycles. The molecule has 2 aromatic heterocycles. The average Bonchev–Trinajstić information content (AvgIpc) is 3.29. The monoisotopic (exact) mass is 364 g/mol. The van der Waals surface area contributed by atoms with Crippen molar-refractivity contribution in [3.05, 3.63) is 45.9 Å². The number of aromatic amines is 1. The molecule has 0 unspecified atom stereocenters. The number of carbonyl (C=O) groups excluding carboxylic acids is 2. The molecule has 3 N–H and O–H groups in total. The molecule has 6 nitrogen and oxygen atoms in total. The molecule has 0 saturated carbocycles. The number of likely N-dealkylation sites (N-methyl/N-ethyl adjacent to an activating group) is 1. The van der Waals surface area contributed by atoms with E-state index in [1.165, 1.54) is 17.1 Å². The molecule has 1 saturated heterocycles. The standard InChI is InChI=1S/C17H21FN4O2S/c1-21(17(24)15-5-11(7-20-15)16(19)23)9-13-6-12(18)8-22(13)10-14-3-2-4-25-14/h2-5,7,12-13,20H,6,8-10H2,1H3,(H2,19,23)/t12-,13-/m0/s1. The Labute approximate surface area is 149 Å². The molecule has 0 aliphatic carbocycles. The van der Waals surface area contributed by atoms with Gasteiger partial charge in [0.1, 0.15) is 11.9 Å². The number of aromatic nitrogens is 1. The summed E-state index contributed by atoms with van der Waals surface area (Å²) in [5.74, 6) is -0.831. The quantitative estimate of drug-likeness (QED) is 0.821. The maximum absolute atomic E-state index is 13.9. The zero-order valence-corrected chi connectivity index (χ0v) is 14.8. The topological polar surface area (TPSA) is 82.4 Å². The minimum atomic E-state index is -0.875. The molecule has 1 aliphatic rings. The van der Waals surface area contributed by atoms with Gasteiger partial charge in [-0.2, -0.15) is 0 Å². The summed E-state index contributed by atoms with van der Waals surface area (Å²) in [6.45, 7) is 1.51. The summed E-state index contributed by atoms with van der Waals surface area (Å²) in [5, 5.41) is 2.00. The summed E-state index contributed by atoms with van der Waals surface area (Å²) in [5.41, 5.74) is 5.77. The molecule has 2 aromatic rings. The van der Waals surface area contributed by atoms with Crippen molar-refractivity contribution < 1.29 is 14.0 Å². The van der Waals surface area contributed by atoms with Crippen LogP contribution in [0.5, 0.6) is 0 Å². The number of nitrogens with zero attached hydrogens (tertiary/aromatic N) is 2. The van der Waals surface area contributed by atoms with Crippen LogP contribution >= 0.6 is 11.3 Å². The maximum Gasteiger partial charge on any atom is 0.270 e. The van der Waals surface area contributed by atoms with Crippen LogP contribution in [0.4, 0.5) is 4.39 Å². The molecular formula is C17H21FN4O2S. The van der Waals surface area contributed by atoms with Crippen LogP contribution < -0.4 is 5.73 Å². The molecule has 0 bridgehead atoms. The molecular weight excluding hydrogens is 343 g/mol. The molecule has 2 amide bonds. The van der Waals surface area contributed by atoms with Gasteiger partial charge in [0.15, 0.2) is 0 Å². The number of halogens is 1. The first kappa shape index (κ1) is 17.6. The Morgan fingerprint density at radius 1 is 1.52 bits per heavy atom. The number of nitrogens with one attached hydrogen (secondary N) is 1. The summed E-state index contributed by atoms with van der Waals surface area (Å²) in [7, 11) is 1.68. The number of nitrogens with two attached hydrogens (primary N) is 1. The van der Waals surface area contributed by atoms with Gasteiger partial charge in [0.25, 0.3) is 5.91 Å². The Morgan fingerprint density at radius 2 is 2.32 bits per heavy atom. The van der Waals surface area contributed by atoms with E-state index >= 15 is 0 Å². The smallest absolute Gasteiger partial charge is 0.270 e. The van der Waals surface area contributed by atoms with Crippen LogP contribution in [0.25, 0.3) is 0 Å². The number of primary amides is 1. The molecule has 134 valence electrons. The lowest BCUT2D eigenvalue weighted by atomic mass is 10.2. The van der Waals surface area contributed by atoms with Crippen molar-refractivity contribution in [3.8, 4) is 0 Å². The number of rotatable bonds is 6. The first-order valence-corrected chi connectivity index (χ1v) is 8.96. The van der Waals surface area contributed by atoms with E-state index in [0.29, 0.717) is 31.7 Å². The maximum atomic E-state index is 13.9. The van der Waals surface area contributed by atoms with Crippen molar-refractivity contribution >= 4 is 23.2 Å². The fraction of sp³-hybridized carbons (Fsp3) is 0.412. The van der Waals surface area contributed by atoms with Crippen molar-refractivity contribution in [3.63, 3.8) is 0 Å². The third-order valence-electron chi connectivity index (χ3n) is 4.45. The number of likely N-dealkylation sites (tertiary alicyclic amines) is 1. The molecule has 1 fully saturated rings. The van der Waals surface area contributed by atoms with Gasteiger partial charge in [0.05, 0.1) is 5.56 Å². The normalized spacial score (nSPS) is 20.7. The van der Waals surface area contributed by atoms with Crippen molar-refractivity contribution in [2.75, 3.05) is 20.1 Å². The van der Waals surface area contributed by atoms with E-state index in [1.807, 2.05) is 17.5 Å². The Kier molecular flexibility index (Phi) is 5.19. The molecule has 8 heteroatoms. The van der Waals surface area contributed by atoms with Crippen LogP contribution in [0.15, 0.2) is 29.8 Å². The SMILES string of the molecule is CN(C[C@@H]1C[C@H](F)CN1Cc1cccs1)C(=O)c1cc(C(N)=O)c[nH]1. The van der Waals surface area contributed by atoms with E-state index in [0.717, 1.165) is 0 Å². The fourth-order valence-corrected chi connectivity index (χ4v) is 3.90. The van der Waals surface area contributed by atoms with Gasteiger partial charge in [-0.05, 0) is 23.9 Å². The lowest BCUT2D eigenvalue weighted by molar-refractivity contribution is 0.0745. The predicted molar refractivity (Wildman–Crippen MR) is 94.3 cm³/mol. The predicted octanol–water partition coefficient (Wildman–Crippen LogP) is 1.86. The molecule has 25 heavy (non-hydrogen) atoms. The minimum Gasteiger partial charge on any atom is -0.366 e. The van der Waals surface area contributed by atoms with E-state index in [2.05, 4.69) is 9.88 Å². The zero-order chi connectivity index (χ0) is 18.0. The Morgan fingerprint density at radius 3 is 2.96 bits per heavy atom. The van der Waals surface area contributed by atoms with E-state index in [9.17, 15) is 14.0 Å². The summed E-state index contributed by atoms with van der Waals surface area (Å²) in [4.78, 5) is 31.2. The van der Waals surface area contributed by atoms with Gasteiger partial charge in [-0.15, -0.1) is 11.3 Å². The molecule has 0 aromatic carbocycles. The first-order valence-electron chi connectivity index (χ1n) is 8.08. The van der Waals surface area contributed by atoms with Gasteiger partial charge >= 0.3 is 0 Å². The lowest BCUT2D eigenvalue weighted by Gasteiger charge is -2.27. The van der Waals surface area contributed by atoms with Crippen molar-refractivity contribution in [2.45, 2.75) is 25.2 Å². The van der Waals surface area contributed by atoms with E-state index in [4.69, 9.17) is 5.73 Å². The van der Waals surface area contributed by atoms with Crippen LogP contribution in [-0.2, 0) is 6.54 Å². The minimum absolute atomic E-state index is 0.0309. The second-order valence-corrected chi connectivity index (χ2v) is 7.38. The van der Waals surface area contributed by atoms with Crippen molar-refractivity contribution in [2.24, 2.45) is 5.73 Å². The highest BCUT2D eigenvalue weighted by Gasteiger charge is 2.33. The van der Waals surface area contributed by atoms with Crippen LogP contribution in [0.2, 0.25) is 0 Å².